The summed E-state index contributed by atoms with van der Waals surface area (Å²) in [5, 5.41) is 2.65. The lowest BCUT2D eigenvalue weighted by atomic mass is 10.1. The highest BCUT2D eigenvalue weighted by molar-refractivity contribution is 14.1. The van der Waals surface area contributed by atoms with Crippen LogP contribution in [0.5, 0.6) is 0 Å². The molecular formula is C12H14F3IN2O. The molecule has 0 spiro atoms. The van der Waals surface area contributed by atoms with Crippen molar-refractivity contribution in [3.05, 3.63) is 32.9 Å². The molecule has 0 atom stereocenters. The van der Waals surface area contributed by atoms with Crippen molar-refractivity contribution in [3.8, 4) is 0 Å². The summed E-state index contributed by atoms with van der Waals surface area (Å²) in [5.74, 6) is -0.367. The van der Waals surface area contributed by atoms with E-state index in [1.807, 2.05) is 19.0 Å². The van der Waals surface area contributed by atoms with Crippen LogP contribution in [0.25, 0.3) is 0 Å². The summed E-state index contributed by atoms with van der Waals surface area (Å²) in [4.78, 5) is 13.6. The Morgan fingerprint density at radius 2 is 2.00 bits per heavy atom. The van der Waals surface area contributed by atoms with Gasteiger partial charge in [-0.15, -0.1) is 0 Å². The van der Waals surface area contributed by atoms with Gasteiger partial charge in [-0.2, -0.15) is 13.2 Å². The quantitative estimate of drug-likeness (QED) is 0.808. The highest BCUT2D eigenvalue weighted by atomic mass is 127. The summed E-state index contributed by atoms with van der Waals surface area (Å²) in [7, 11) is 3.74. The van der Waals surface area contributed by atoms with E-state index in [-0.39, 0.29) is 15.0 Å². The molecule has 0 saturated heterocycles. The van der Waals surface area contributed by atoms with Crippen molar-refractivity contribution < 1.29 is 18.0 Å². The highest BCUT2D eigenvalue weighted by Crippen LogP contribution is 2.33. The standard InChI is InChI=1S/C12H14F3IN2O/c1-18(2)6-5-17-11(19)8-3-4-9(10(16)7-8)12(13,14)15/h3-4,7H,5-6H2,1-2H3,(H,17,19). The van der Waals surface area contributed by atoms with Gasteiger partial charge in [-0.25, -0.2) is 0 Å². The molecule has 1 amide bonds. The first kappa shape index (κ1) is 16.2. The Morgan fingerprint density at radius 3 is 2.47 bits per heavy atom. The molecule has 0 aliphatic heterocycles. The number of carbonyl (C=O) groups is 1. The van der Waals surface area contributed by atoms with Crippen LogP contribution in [-0.4, -0.2) is 38.0 Å². The molecule has 0 fully saturated rings. The van der Waals surface area contributed by atoms with Gasteiger partial charge in [0.2, 0.25) is 0 Å². The van der Waals surface area contributed by atoms with E-state index in [1.165, 1.54) is 12.1 Å². The van der Waals surface area contributed by atoms with E-state index in [0.717, 1.165) is 6.07 Å². The number of nitrogens with zero attached hydrogens (tertiary/aromatic N) is 1. The van der Waals surface area contributed by atoms with Gasteiger partial charge in [-0.3, -0.25) is 4.79 Å². The summed E-state index contributed by atoms with van der Waals surface area (Å²) >= 11 is 1.58. The molecule has 106 valence electrons. The lowest BCUT2D eigenvalue weighted by Crippen LogP contribution is -2.31. The van der Waals surface area contributed by atoms with Crippen molar-refractivity contribution >= 4 is 28.5 Å². The molecular weight excluding hydrogens is 372 g/mol. The van der Waals surface area contributed by atoms with Gasteiger partial charge in [0.05, 0.1) is 5.56 Å². The molecule has 7 heteroatoms. The first-order chi connectivity index (χ1) is 8.71. The number of rotatable bonds is 4. The minimum atomic E-state index is -4.39. The first-order valence-corrected chi connectivity index (χ1v) is 6.59. The molecule has 0 saturated carbocycles. The molecule has 0 aliphatic carbocycles. The van der Waals surface area contributed by atoms with E-state index < -0.39 is 11.7 Å². The molecule has 3 nitrogen and oxygen atoms in total. The second-order valence-electron chi connectivity index (χ2n) is 4.25. The largest absolute Gasteiger partial charge is 0.417 e. The third kappa shape index (κ3) is 4.98. The molecule has 1 aromatic rings. The summed E-state index contributed by atoms with van der Waals surface area (Å²) in [5.41, 5.74) is -0.492. The van der Waals surface area contributed by atoms with Gasteiger partial charge >= 0.3 is 6.18 Å². The second kappa shape index (κ2) is 6.56. The maximum absolute atomic E-state index is 12.6. The predicted octanol–water partition coefficient (Wildman–Crippen LogP) is 2.60. The number of nitrogens with one attached hydrogen (secondary N) is 1. The molecule has 0 aromatic heterocycles. The first-order valence-electron chi connectivity index (χ1n) is 5.51. The molecule has 0 unspecified atom stereocenters. The van der Waals surface area contributed by atoms with Crippen molar-refractivity contribution in [1.82, 2.24) is 10.2 Å². The summed E-state index contributed by atoms with van der Waals surface area (Å²) in [6.07, 6.45) is -4.39. The van der Waals surface area contributed by atoms with Gasteiger partial charge in [0.25, 0.3) is 5.91 Å². The lowest BCUT2D eigenvalue weighted by Gasteiger charge is -2.12. The van der Waals surface area contributed by atoms with Gasteiger partial charge in [-0.1, -0.05) is 0 Å². The fourth-order valence-corrected chi connectivity index (χ4v) is 2.20. The third-order valence-electron chi connectivity index (χ3n) is 2.38. The topological polar surface area (TPSA) is 32.3 Å². The maximum atomic E-state index is 12.6. The number of carbonyl (C=O) groups excluding carboxylic acids is 1. The zero-order valence-electron chi connectivity index (χ0n) is 10.5. The van der Waals surface area contributed by atoms with E-state index in [9.17, 15) is 18.0 Å². The molecule has 1 rings (SSSR count). The Morgan fingerprint density at radius 1 is 1.37 bits per heavy atom. The Hall–Kier alpha value is -0.830. The molecule has 19 heavy (non-hydrogen) atoms. The van der Waals surface area contributed by atoms with Gasteiger partial charge in [-0.05, 0) is 54.9 Å². The van der Waals surface area contributed by atoms with Crippen LogP contribution in [0.4, 0.5) is 13.2 Å². The van der Waals surface area contributed by atoms with Crippen LogP contribution in [0.15, 0.2) is 18.2 Å². The summed E-state index contributed by atoms with van der Waals surface area (Å²) < 4.78 is 37.7. The van der Waals surface area contributed by atoms with Crippen LogP contribution < -0.4 is 5.32 Å². The zero-order valence-corrected chi connectivity index (χ0v) is 12.7. The van der Waals surface area contributed by atoms with Crippen LogP contribution >= 0.6 is 22.6 Å². The average Bonchev–Trinajstić information content (AvgIpc) is 2.26. The van der Waals surface area contributed by atoms with Gasteiger partial charge in [0.15, 0.2) is 0 Å². The van der Waals surface area contributed by atoms with Crippen molar-refractivity contribution in [2.45, 2.75) is 6.18 Å². The van der Waals surface area contributed by atoms with E-state index in [0.29, 0.717) is 13.1 Å². The van der Waals surface area contributed by atoms with Crippen LogP contribution in [0, 0.1) is 3.57 Å². The fraction of sp³-hybridized carbons (Fsp3) is 0.417. The molecule has 0 bridgehead atoms. The Kier molecular flexibility index (Phi) is 5.60. The fourth-order valence-electron chi connectivity index (χ4n) is 1.38. The van der Waals surface area contributed by atoms with Crippen molar-refractivity contribution in [2.75, 3.05) is 27.2 Å². The summed E-state index contributed by atoms with van der Waals surface area (Å²) in [6.45, 7) is 1.12. The second-order valence-corrected chi connectivity index (χ2v) is 5.41. The van der Waals surface area contributed by atoms with E-state index in [1.54, 1.807) is 22.6 Å². The Bertz CT molecular complexity index is 461. The summed E-state index contributed by atoms with van der Waals surface area (Å²) in [6, 6.07) is 3.37. The number of benzene rings is 1. The monoisotopic (exact) mass is 386 g/mol. The molecule has 0 aliphatic rings. The molecule has 0 heterocycles. The van der Waals surface area contributed by atoms with Gasteiger partial charge < -0.3 is 10.2 Å². The van der Waals surface area contributed by atoms with E-state index >= 15 is 0 Å². The SMILES string of the molecule is CN(C)CCNC(=O)c1ccc(C(F)(F)F)c(I)c1. The van der Waals surface area contributed by atoms with Crippen LogP contribution in [0.3, 0.4) is 0 Å². The normalized spacial score (nSPS) is 11.7. The Labute approximate surface area is 123 Å². The van der Waals surface area contributed by atoms with Crippen molar-refractivity contribution in [2.24, 2.45) is 0 Å². The van der Waals surface area contributed by atoms with Gasteiger partial charge in [0, 0.05) is 22.2 Å². The van der Waals surface area contributed by atoms with Crippen molar-refractivity contribution in [1.29, 1.82) is 0 Å². The number of halogens is 4. The van der Waals surface area contributed by atoms with Gasteiger partial charge in [0.1, 0.15) is 0 Å². The number of hydrogen-bond acceptors (Lipinski definition) is 2. The lowest BCUT2D eigenvalue weighted by molar-refractivity contribution is -0.138. The molecule has 1 N–H and O–H groups in total. The molecule has 0 radical (unpaired) electrons. The van der Waals surface area contributed by atoms with Crippen LogP contribution in [0.1, 0.15) is 15.9 Å². The molecule has 1 aromatic carbocycles. The minimum absolute atomic E-state index is 0.0189. The van der Waals surface area contributed by atoms with Crippen LogP contribution in [0.2, 0.25) is 0 Å². The number of amides is 1. The smallest absolute Gasteiger partial charge is 0.351 e. The van der Waals surface area contributed by atoms with E-state index in [2.05, 4.69) is 5.32 Å². The third-order valence-corrected chi connectivity index (χ3v) is 3.27. The Balaban J connectivity index is 2.75. The number of likely N-dealkylation sites (N-methyl/N-ethyl adjacent to an activating group) is 1. The van der Waals surface area contributed by atoms with E-state index in [4.69, 9.17) is 0 Å². The highest BCUT2D eigenvalue weighted by Gasteiger charge is 2.33. The zero-order chi connectivity index (χ0) is 14.6. The number of alkyl halides is 3. The van der Waals surface area contributed by atoms with Crippen LogP contribution in [-0.2, 0) is 6.18 Å². The predicted molar refractivity (Wildman–Crippen MR) is 75.0 cm³/mol. The average molecular weight is 386 g/mol. The van der Waals surface area contributed by atoms with Crippen molar-refractivity contribution in [3.63, 3.8) is 0 Å². The minimum Gasteiger partial charge on any atom is -0.351 e. The number of hydrogen-bond donors (Lipinski definition) is 1. The maximum Gasteiger partial charge on any atom is 0.417 e.